The second-order valence-corrected chi connectivity index (χ2v) is 4.13. The Labute approximate surface area is 105 Å². The Kier molecular flexibility index (Phi) is 4.12. The lowest BCUT2D eigenvalue weighted by Crippen LogP contribution is -2.16. The molecule has 0 saturated carbocycles. The van der Waals surface area contributed by atoms with E-state index in [-0.39, 0.29) is 12.4 Å². The molecule has 0 aliphatic heterocycles. The van der Waals surface area contributed by atoms with Crippen molar-refractivity contribution in [3.63, 3.8) is 0 Å². The van der Waals surface area contributed by atoms with Crippen molar-refractivity contribution < 1.29 is 13.9 Å². The Bertz CT molecular complexity index is 522. The summed E-state index contributed by atoms with van der Waals surface area (Å²) in [7, 11) is 0. The second-order valence-electron chi connectivity index (χ2n) is 4.13. The Balaban J connectivity index is 2.13. The molecule has 18 heavy (non-hydrogen) atoms. The molecule has 2 rings (SSSR count). The van der Waals surface area contributed by atoms with E-state index in [1.807, 2.05) is 19.1 Å². The van der Waals surface area contributed by atoms with E-state index >= 15 is 0 Å². The number of hydrogen-bond acceptors (Lipinski definition) is 3. The number of furan rings is 1. The lowest BCUT2D eigenvalue weighted by Gasteiger charge is -2.03. The largest absolute Gasteiger partial charge is 0.460 e. The maximum absolute atomic E-state index is 13.0. The van der Waals surface area contributed by atoms with Gasteiger partial charge in [-0.25, -0.2) is 4.39 Å². The van der Waals surface area contributed by atoms with Gasteiger partial charge < -0.3 is 14.8 Å². The average molecular weight is 249 g/mol. The summed E-state index contributed by atoms with van der Waals surface area (Å²) in [5, 5.41) is 11.7. The summed E-state index contributed by atoms with van der Waals surface area (Å²) >= 11 is 0. The minimum Gasteiger partial charge on any atom is -0.460 e. The standard InChI is InChI=1S/C14H16FNO2/c1-10-8-11(15)2-4-13(10)14-5-3-12(18-14)9-16-6-7-17/h2-5,8,16-17H,6-7,9H2,1H3. The van der Waals surface area contributed by atoms with Crippen molar-refractivity contribution in [1.82, 2.24) is 5.32 Å². The number of halogens is 1. The first-order valence-corrected chi connectivity index (χ1v) is 5.87. The van der Waals surface area contributed by atoms with Gasteiger partial charge >= 0.3 is 0 Å². The summed E-state index contributed by atoms with van der Waals surface area (Å²) in [4.78, 5) is 0. The summed E-state index contributed by atoms with van der Waals surface area (Å²) in [5.74, 6) is 1.28. The first kappa shape index (κ1) is 12.8. The summed E-state index contributed by atoms with van der Waals surface area (Å²) in [6, 6.07) is 8.38. The fraction of sp³-hybridized carbons (Fsp3) is 0.286. The third-order valence-electron chi connectivity index (χ3n) is 2.70. The molecule has 1 heterocycles. The molecule has 96 valence electrons. The molecule has 4 heteroatoms. The third kappa shape index (κ3) is 2.97. The van der Waals surface area contributed by atoms with Crippen LogP contribution in [0.25, 0.3) is 11.3 Å². The molecule has 2 N–H and O–H groups in total. The predicted octanol–water partition coefficient (Wildman–Crippen LogP) is 2.48. The molecule has 0 radical (unpaired) electrons. The van der Waals surface area contributed by atoms with Gasteiger partial charge in [-0.15, -0.1) is 0 Å². The molecule has 0 amide bonds. The maximum atomic E-state index is 13.0. The number of aryl methyl sites for hydroxylation is 1. The molecule has 1 aromatic heterocycles. The van der Waals surface area contributed by atoms with E-state index < -0.39 is 0 Å². The van der Waals surface area contributed by atoms with Crippen LogP contribution >= 0.6 is 0 Å². The smallest absolute Gasteiger partial charge is 0.134 e. The molecule has 2 aromatic rings. The van der Waals surface area contributed by atoms with Crippen LogP contribution in [0.3, 0.4) is 0 Å². The molecule has 0 aliphatic carbocycles. The molecule has 0 bridgehead atoms. The molecule has 3 nitrogen and oxygen atoms in total. The highest BCUT2D eigenvalue weighted by Gasteiger charge is 2.08. The van der Waals surface area contributed by atoms with Crippen molar-refractivity contribution in [1.29, 1.82) is 0 Å². The van der Waals surface area contributed by atoms with E-state index in [0.29, 0.717) is 13.1 Å². The van der Waals surface area contributed by atoms with E-state index in [2.05, 4.69) is 5.32 Å². The predicted molar refractivity (Wildman–Crippen MR) is 67.6 cm³/mol. The van der Waals surface area contributed by atoms with Crippen LogP contribution in [0.15, 0.2) is 34.7 Å². The number of aliphatic hydroxyl groups is 1. The first-order chi connectivity index (χ1) is 8.70. The Morgan fingerprint density at radius 3 is 2.83 bits per heavy atom. The van der Waals surface area contributed by atoms with Crippen molar-refractivity contribution in [3.8, 4) is 11.3 Å². The van der Waals surface area contributed by atoms with Crippen LogP contribution in [0.1, 0.15) is 11.3 Å². The van der Waals surface area contributed by atoms with Crippen LogP contribution in [0.4, 0.5) is 4.39 Å². The minimum atomic E-state index is -0.243. The van der Waals surface area contributed by atoms with Gasteiger partial charge in [-0.2, -0.15) is 0 Å². The van der Waals surface area contributed by atoms with Crippen molar-refractivity contribution in [2.24, 2.45) is 0 Å². The summed E-state index contributed by atoms with van der Waals surface area (Å²) < 4.78 is 18.7. The number of nitrogens with one attached hydrogen (secondary N) is 1. The van der Waals surface area contributed by atoms with Crippen molar-refractivity contribution in [2.75, 3.05) is 13.2 Å². The van der Waals surface area contributed by atoms with Crippen molar-refractivity contribution >= 4 is 0 Å². The highest BCUT2D eigenvalue weighted by atomic mass is 19.1. The molecule has 0 fully saturated rings. The summed E-state index contributed by atoms with van der Waals surface area (Å²) in [6.07, 6.45) is 0. The van der Waals surface area contributed by atoms with Crippen LogP contribution in [-0.2, 0) is 6.54 Å². The topological polar surface area (TPSA) is 45.4 Å². The lowest BCUT2D eigenvalue weighted by molar-refractivity contribution is 0.290. The van der Waals surface area contributed by atoms with Gasteiger partial charge in [0.1, 0.15) is 17.3 Å². The van der Waals surface area contributed by atoms with Crippen LogP contribution < -0.4 is 5.32 Å². The van der Waals surface area contributed by atoms with E-state index in [0.717, 1.165) is 22.6 Å². The molecule has 0 spiro atoms. The Morgan fingerprint density at radius 1 is 1.28 bits per heavy atom. The van der Waals surface area contributed by atoms with Gasteiger partial charge in [-0.3, -0.25) is 0 Å². The van der Waals surface area contributed by atoms with Gasteiger partial charge in [0.2, 0.25) is 0 Å². The molecule has 0 aliphatic rings. The molecule has 0 unspecified atom stereocenters. The third-order valence-corrected chi connectivity index (χ3v) is 2.70. The van der Waals surface area contributed by atoms with Crippen LogP contribution in [0, 0.1) is 12.7 Å². The molecule has 1 aromatic carbocycles. The number of aliphatic hydroxyl groups excluding tert-OH is 1. The van der Waals surface area contributed by atoms with Gasteiger partial charge in [0.05, 0.1) is 13.2 Å². The van der Waals surface area contributed by atoms with Gasteiger partial charge in [-0.05, 0) is 42.8 Å². The van der Waals surface area contributed by atoms with Crippen LogP contribution in [0.2, 0.25) is 0 Å². The fourth-order valence-corrected chi connectivity index (χ4v) is 1.81. The Morgan fingerprint density at radius 2 is 2.11 bits per heavy atom. The quantitative estimate of drug-likeness (QED) is 0.800. The highest BCUT2D eigenvalue weighted by molar-refractivity contribution is 5.61. The van der Waals surface area contributed by atoms with Gasteiger partial charge in [0.25, 0.3) is 0 Å². The monoisotopic (exact) mass is 249 g/mol. The zero-order valence-corrected chi connectivity index (χ0v) is 10.2. The summed E-state index contributed by atoms with van der Waals surface area (Å²) in [5.41, 5.74) is 1.74. The number of rotatable bonds is 5. The van der Waals surface area contributed by atoms with E-state index in [1.54, 1.807) is 6.07 Å². The SMILES string of the molecule is Cc1cc(F)ccc1-c1ccc(CNCCO)o1. The first-order valence-electron chi connectivity index (χ1n) is 5.87. The minimum absolute atomic E-state index is 0.102. The second kappa shape index (κ2) is 5.80. The van der Waals surface area contributed by atoms with Gasteiger partial charge in [-0.1, -0.05) is 0 Å². The van der Waals surface area contributed by atoms with Crippen molar-refractivity contribution in [3.05, 3.63) is 47.5 Å². The van der Waals surface area contributed by atoms with Crippen LogP contribution in [0.5, 0.6) is 0 Å². The Hall–Kier alpha value is -1.65. The molecule has 0 saturated heterocycles. The molecule has 0 atom stereocenters. The van der Waals surface area contributed by atoms with E-state index in [1.165, 1.54) is 12.1 Å². The maximum Gasteiger partial charge on any atom is 0.134 e. The van der Waals surface area contributed by atoms with Gasteiger partial charge in [0, 0.05) is 12.1 Å². The lowest BCUT2D eigenvalue weighted by atomic mass is 10.1. The van der Waals surface area contributed by atoms with Gasteiger partial charge in [0.15, 0.2) is 0 Å². The molecular weight excluding hydrogens is 233 g/mol. The zero-order valence-electron chi connectivity index (χ0n) is 10.2. The summed E-state index contributed by atoms with van der Waals surface area (Å²) in [6.45, 7) is 3.06. The normalized spacial score (nSPS) is 10.8. The van der Waals surface area contributed by atoms with E-state index in [4.69, 9.17) is 9.52 Å². The zero-order chi connectivity index (χ0) is 13.0. The average Bonchev–Trinajstić information content (AvgIpc) is 2.78. The van der Waals surface area contributed by atoms with Crippen LogP contribution in [-0.4, -0.2) is 18.3 Å². The number of hydrogen-bond donors (Lipinski definition) is 2. The number of benzene rings is 1. The van der Waals surface area contributed by atoms with E-state index in [9.17, 15) is 4.39 Å². The fourth-order valence-electron chi connectivity index (χ4n) is 1.81. The highest BCUT2D eigenvalue weighted by Crippen LogP contribution is 2.25. The molecular formula is C14H16FNO2. The van der Waals surface area contributed by atoms with Crippen molar-refractivity contribution in [2.45, 2.75) is 13.5 Å².